The van der Waals surface area contributed by atoms with Crippen LogP contribution in [0.1, 0.15) is 101 Å². The van der Waals surface area contributed by atoms with Gasteiger partial charge in [0.05, 0.1) is 55.4 Å². The average Bonchev–Trinajstić information content (AvgIpc) is 0.992. The highest BCUT2D eigenvalue weighted by molar-refractivity contribution is 7.00. The molecule has 17 aromatic rings. The fraction of sp³-hybridized carbons (Fsp3) is 0.125. The molecule has 6 heteroatoms. The zero-order valence-electron chi connectivity index (χ0n) is 73.9. The molecule has 2 aliphatic rings. The molecule has 0 saturated carbocycles. The molecule has 0 saturated heterocycles. The van der Waals surface area contributed by atoms with Crippen LogP contribution in [0.25, 0.3) is 121 Å². The largest absolute Gasteiger partial charge is 0.453 e. The van der Waals surface area contributed by atoms with Crippen molar-refractivity contribution in [3.8, 4) is 55.9 Å². The lowest BCUT2D eigenvalue weighted by molar-refractivity contribution is 0.569. The molecule has 0 aliphatic carbocycles. The van der Waals surface area contributed by atoms with Crippen molar-refractivity contribution in [2.24, 2.45) is 0 Å². The van der Waals surface area contributed by atoms with E-state index in [-0.39, 0.29) is 59.9 Å². The maximum absolute atomic E-state index is 9.83. The molecule has 0 radical (unpaired) electrons. The molecule has 0 unspecified atom stereocenters. The Bertz CT molecular complexity index is 7110. The van der Waals surface area contributed by atoms with Crippen molar-refractivity contribution in [1.29, 1.82) is 0 Å². The van der Waals surface area contributed by atoms with Gasteiger partial charge in [-0.2, -0.15) is 0 Å². The Morgan fingerprint density at radius 2 is 0.745 bits per heavy atom. The van der Waals surface area contributed by atoms with Gasteiger partial charge in [-0.15, -0.1) is 0 Å². The Labute approximate surface area is 619 Å². The van der Waals surface area contributed by atoms with Gasteiger partial charge in [0.15, 0.2) is 5.58 Å². The Hall–Kier alpha value is -11.9. The molecule has 14 aromatic carbocycles. The van der Waals surface area contributed by atoms with Crippen molar-refractivity contribution in [3.05, 3.63) is 320 Å². The van der Waals surface area contributed by atoms with Gasteiger partial charge in [-0.25, -0.2) is 0 Å². The van der Waals surface area contributed by atoms with E-state index in [0.29, 0.717) is 56.4 Å². The highest BCUT2D eigenvalue weighted by atomic mass is 16.3. The van der Waals surface area contributed by atoms with Crippen molar-refractivity contribution < 1.29 is 26.3 Å². The third-order valence-corrected chi connectivity index (χ3v) is 20.8. The normalized spacial score (nSPS) is 15.3. The van der Waals surface area contributed by atoms with E-state index < -0.39 is 103 Å². The summed E-state index contributed by atoms with van der Waals surface area (Å²) in [7, 11) is 0. The predicted octanol–water partition coefficient (Wildman–Crippen LogP) is 24.4. The molecule has 5 heterocycles. The van der Waals surface area contributed by atoms with Crippen LogP contribution in [0.5, 0.6) is 0 Å². The Morgan fingerprint density at radius 3 is 1.27 bits per heavy atom. The summed E-state index contributed by atoms with van der Waals surface area (Å²) in [6.07, 6.45) is 0. The first-order chi connectivity index (χ1) is 56.1. The summed E-state index contributed by atoms with van der Waals surface area (Å²) < 4.78 is 162. The second-order valence-corrected chi connectivity index (χ2v) is 30.1. The molecule has 490 valence electrons. The van der Waals surface area contributed by atoms with Crippen LogP contribution in [0, 0.1) is 0 Å². The highest BCUT2D eigenvalue weighted by Crippen LogP contribution is 2.53. The fourth-order valence-electron chi connectivity index (χ4n) is 15.7. The second-order valence-electron chi connectivity index (χ2n) is 30.1. The maximum atomic E-state index is 9.83. The number of anilines is 6. The zero-order valence-corrected chi connectivity index (χ0v) is 57.9. The van der Waals surface area contributed by atoms with Gasteiger partial charge in [0.1, 0.15) is 5.58 Å². The van der Waals surface area contributed by atoms with E-state index >= 15 is 0 Å². The number of hydrogen-bond acceptors (Lipinski definition) is 3. The smallest absolute Gasteiger partial charge is 0.252 e. The quantitative estimate of drug-likeness (QED) is 0.142. The molecule has 2 aliphatic heterocycles. The molecule has 0 spiro atoms. The minimum Gasteiger partial charge on any atom is -0.453 e. The number of rotatable bonds is 8. The predicted molar refractivity (Wildman–Crippen MR) is 434 cm³/mol. The zero-order chi connectivity index (χ0) is 83.0. The third-order valence-electron chi connectivity index (χ3n) is 20.8. The number of nitrogens with zero attached hydrogens (tertiary/aromatic N) is 4. The second kappa shape index (κ2) is 22.8. The van der Waals surface area contributed by atoms with E-state index in [1.807, 2.05) is 84.9 Å². The summed E-state index contributed by atoms with van der Waals surface area (Å²) in [5.74, 6) is 0. The van der Waals surface area contributed by atoms with Crippen LogP contribution in [0.2, 0.25) is 0 Å². The van der Waals surface area contributed by atoms with Gasteiger partial charge in [0.2, 0.25) is 0 Å². The van der Waals surface area contributed by atoms with Crippen LogP contribution in [0.15, 0.2) is 307 Å². The van der Waals surface area contributed by atoms with E-state index in [4.69, 9.17) is 9.90 Å². The van der Waals surface area contributed by atoms with Crippen molar-refractivity contribution >= 4 is 123 Å². The van der Waals surface area contributed by atoms with Crippen molar-refractivity contribution in [2.75, 3.05) is 9.80 Å². The van der Waals surface area contributed by atoms with E-state index in [1.165, 1.54) is 0 Å². The fourth-order valence-corrected chi connectivity index (χ4v) is 15.7. The van der Waals surface area contributed by atoms with Crippen LogP contribution in [0.3, 0.4) is 0 Å². The van der Waals surface area contributed by atoms with Crippen LogP contribution < -0.4 is 26.2 Å². The molecule has 3 aromatic heterocycles. The third kappa shape index (κ3) is 9.67. The number of furan rings is 1. The number of fused-ring (bicyclic) bond motifs is 13. The lowest BCUT2D eigenvalue weighted by atomic mass is 9.33. The lowest BCUT2D eigenvalue weighted by Gasteiger charge is -2.45. The summed E-state index contributed by atoms with van der Waals surface area (Å²) in [5.41, 5.74) is 17.2. The lowest BCUT2D eigenvalue weighted by Crippen LogP contribution is -2.61. The van der Waals surface area contributed by atoms with Gasteiger partial charge in [0.25, 0.3) is 6.71 Å². The van der Waals surface area contributed by atoms with Crippen LogP contribution in [0.4, 0.5) is 34.1 Å². The first-order valence-corrected chi connectivity index (χ1v) is 34.7. The molecular weight excluding hydrogens is 1240 g/mol. The Kier molecular flexibility index (Phi) is 10.4. The standard InChI is InChI=1S/C96H77BN4O/c1-94(2,3)66-32-24-31-63(51-66)71-37-25-38-76-77-39-26-44-86(93(77)102-92(71)76)101-88-59-70(99-83-42-22-18-35-74(83)75-36-19-23-43-84(75)99)47-49-80(88)97-79-48-46-69(98-81-40-20-16-33-72(81)73-34-17-21-41-82(73)98)58-87(79)100(85-50-45-62(60-27-12-10-13-28-60)54-78(85)61-29-14-11-15-30-61)89-55-65(56-90(101)91(89)97)64-52-67(95(4,5)6)57-68(53-64)96(7,8)9/h10-59H,1-9H3/i16D,17D,18D,19D,20D,21D,22D,23D,33D,34D,35D,36D,40D,41D,42D,43D. The first-order valence-electron chi connectivity index (χ1n) is 42.7. The Balaban J connectivity index is 1.01. The number of para-hydroxylation sites is 6. The monoisotopic (exact) mass is 1330 g/mol. The van der Waals surface area contributed by atoms with Crippen LogP contribution in [-0.4, -0.2) is 15.8 Å². The molecule has 0 N–H and O–H groups in total. The minimum atomic E-state index is -0.772. The van der Waals surface area contributed by atoms with Crippen molar-refractivity contribution in [2.45, 2.75) is 78.6 Å². The van der Waals surface area contributed by atoms with E-state index in [1.54, 1.807) is 9.13 Å². The van der Waals surface area contributed by atoms with Crippen molar-refractivity contribution in [1.82, 2.24) is 9.13 Å². The van der Waals surface area contributed by atoms with Gasteiger partial charge >= 0.3 is 0 Å². The number of aromatic nitrogens is 2. The topological polar surface area (TPSA) is 29.5 Å². The average molecular weight is 1330 g/mol. The van der Waals surface area contributed by atoms with E-state index in [2.05, 4.69) is 193 Å². The summed E-state index contributed by atoms with van der Waals surface area (Å²) >= 11 is 0. The highest BCUT2D eigenvalue weighted by Gasteiger charge is 2.45. The van der Waals surface area contributed by atoms with Crippen LogP contribution in [-0.2, 0) is 16.2 Å². The maximum Gasteiger partial charge on any atom is 0.252 e. The van der Waals surface area contributed by atoms with Crippen molar-refractivity contribution in [3.63, 3.8) is 0 Å². The van der Waals surface area contributed by atoms with Crippen LogP contribution >= 0.6 is 0 Å². The van der Waals surface area contributed by atoms with Gasteiger partial charge in [-0.3, -0.25) is 0 Å². The SMILES string of the molecule is [2H]c1c([2H])c([2H])c2c(c1[2H])c1c([2H])c([2H])c([2H])c([2H])c1n2-c1ccc2c(c1)N(c1ccc(-c3ccccc3)cc1-c1ccccc1)c1cc(-c3cc(C(C)(C)C)cc(C(C)(C)C)c3)cc3c1B2c1ccc(-n2c4c([2H])c([2H])c([2H])c([2H])c4c4c([2H])c([2H])c([2H])c([2H])c42)cc1N3c1cccc2c1oc1c(-c3cccc(C(C)(C)C)c3)cccc12. The summed E-state index contributed by atoms with van der Waals surface area (Å²) in [4.78, 5) is 4.48. The molecule has 0 amide bonds. The molecule has 0 atom stereocenters. The van der Waals surface area contributed by atoms with Gasteiger partial charge in [-0.1, -0.05) is 286 Å². The van der Waals surface area contributed by atoms with E-state index in [9.17, 15) is 16.4 Å². The molecule has 19 rings (SSSR count). The first kappa shape index (κ1) is 46.5. The molecular formula is C96H77BN4O. The van der Waals surface area contributed by atoms with Gasteiger partial charge in [-0.05, 0) is 161 Å². The minimum absolute atomic E-state index is 0.0536. The van der Waals surface area contributed by atoms with Gasteiger partial charge in [0, 0.05) is 77.6 Å². The van der Waals surface area contributed by atoms with Gasteiger partial charge < -0.3 is 23.4 Å². The summed E-state index contributed by atoms with van der Waals surface area (Å²) in [5, 5.41) is 1.35. The molecule has 0 fully saturated rings. The van der Waals surface area contributed by atoms with E-state index in [0.717, 1.165) is 88.6 Å². The number of benzene rings is 14. The molecule has 5 nitrogen and oxygen atoms in total. The summed E-state index contributed by atoms with van der Waals surface area (Å²) in [6.45, 7) is 19.0. The molecule has 102 heavy (non-hydrogen) atoms. The summed E-state index contributed by atoms with van der Waals surface area (Å²) in [6, 6.07) is 62.2. The number of hydrogen-bond donors (Lipinski definition) is 0. The molecule has 0 bridgehead atoms. The Morgan fingerprint density at radius 1 is 0.294 bits per heavy atom.